The third kappa shape index (κ3) is 5.59. The summed E-state index contributed by atoms with van der Waals surface area (Å²) in [6, 6.07) is -0.539. The number of esters is 1. The second kappa shape index (κ2) is 8.55. The van der Waals surface area contributed by atoms with Gasteiger partial charge in [-0.3, -0.25) is 14.4 Å². The van der Waals surface area contributed by atoms with Crippen molar-refractivity contribution in [2.45, 2.75) is 52.0 Å². The van der Waals surface area contributed by atoms with E-state index in [1.165, 1.54) is 0 Å². The zero-order valence-electron chi connectivity index (χ0n) is 12.3. The van der Waals surface area contributed by atoms with E-state index < -0.39 is 12.0 Å². The predicted octanol–water partition coefficient (Wildman–Crippen LogP) is 0.847. The van der Waals surface area contributed by atoms with Crippen LogP contribution in [0, 0.1) is 0 Å². The van der Waals surface area contributed by atoms with Crippen molar-refractivity contribution in [3.8, 4) is 0 Å². The number of nitrogens with one attached hydrogen (secondary N) is 1. The Balaban J connectivity index is 2.29. The largest absolute Gasteiger partial charge is 0.466 e. The second-order valence-electron chi connectivity index (χ2n) is 4.98. The van der Waals surface area contributed by atoms with Gasteiger partial charge in [-0.2, -0.15) is 0 Å². The lowest BCUT2D eigenvalue weighted by atomic mass is 10.1. The van der Waals surface area contributed by atoms with Crippen LogP contribution in [0.25, 0.3) is 0 Å². The third-order valence-electron chi connectivity index (χ3n) is 3.28. The van der Waals surface area contributed by atoms with Crippen LogP contribution in [-0.4, -0.2) is 48.4 Å². The molecule has 2 amide bonds. The average Bonchev–Trinajstić information content (AvgIpc) is 2.45. The summed E-state index contributed by atoms with van der Waals surface area (Å²) in [6.45, 7) is 5.24. The van der Waals surface area contributed by atoms with E-state index in [1.54, 1.807) is 18.7 Å². The highest BCUT2D eigenvalue weighted by Crippen LogP contribution is 2.10. The standard InChI is InChI=1S/C14H24N2O4/c1-3-20-13(18)8-7-12(17)15-11(2)14(19)16-9-5-4-6-10-16/h11H,3-10H2,1-2H3,(H,15,17). The van der Waals surface area contributed by atoms with Gasteiger partial charge in [0.05, 0.1) is 13.0 Å². The lowest BCUT2D eigenvalue weighted by molar-refractivity contribution is -0.144. The lowest BCUT2D eigenvalue weighted by Gasteiger charge is -2.29. The molecular formula is C14H24N2O4. The number of ether oxygens (including phenoxy) is 1. The van der Waals surface area contributed by atoms with E-state index in [0.717, 1.165) is 32.4 Å². The highest BCUT2D eigenvalue weighted by molar-refractivity contribution is 5.88. The van der Waals surface area contributed by atoms with Crippen molar-refractivity contribution in [3.05, 3.63) is 0 Å². The maximum atomic E-state index is 12.1. The second-order valence-corrected chi connectivity index (χ2v) is 4.98. The number of likely N-dealkylation sites (tertiary alicyclic amines) is 1. The fourth-order valence-corrected chi connectivity index (χ4v) is 2.21. The van der Waals surface area contributed by atoms with Gasteiger partial charge < -0.3 is 15.0 Å². The first-order valence-electron chi connectivity index (χ1n) is 7.28. The van der Waals surface area contributed by atoms with E-state index in [-0.39, 0.29) is 24.7 Å². The Morgan fingerprint density at radius 3 is 2.40 bits per heavy atom. The van der Waals surface area contributed by atoms with Crippen LogP contribution in [0.2, 0.25) is 0 Å². The molecule has 1 atom stereocenters. The molecule has 0 aromatic carbocycles. The molecule has 1 unspecified atom stereocenters. The van der Waals surface area contributed by atoms with Gasteiger partial charge in [-0.15, -0.1) is 0 Å². The van der Waals surface area contributed by atoms with Crippen LogP contribution < -0.4 is 5.32 Å². The van der Waals surface area contributed by atoms with Crippen LogP contribution >= 0.6 is 0 Å². The normalized spacial score (nSPS) is 16.4. The number of hydrogen-bond acceptors (Lipinski definition) is 4. The predicted molar refractivity (Wildman–Crippen MR) is 73.9 cm³/mol. The molecule has 6 heteroatoms. The average molecular weight is 284 g/mol. The van der Waals surface area contributed by atoms with Crippen LogP contribution in [0.5, 0.6) is 0 Å². The van der Waals surface area contributed by atoms with Crippen LogP contribution in [0.1, 0.15) is 46.0 Å². The summed E-state index contributed by atoms with van der Waals surface area (Å²) in [7, 11) is 0. The Morgan fingerprint density at radius 1 is 1.15 bits per heavy atom. The van der Waals surface area contributed by atoms with Gasteiger partial charge in [0.1, 0.15) is 6.04 Å². The first-order valence-corrected chi connectivity index (χ1v) is 7.28. The molecule has 1 heterocycles. The van der Waals surface area contributed by atoms with Gasteiger partial charge in [0.2, 0.25) is 11.8 Å². The van der Waals surface area contributed by atoms with Crippen LogP contribution in [0.4, 0.5) is 0 Å². The van der Waals surface area contributed by atoms with Gasteiger partial charge in [0.15, 0.2) is 0 Å². The summed E-state index contributed by atoms with van der Waals surface area (Å²) in [4.78, 5) is 36.7. The molecule has 0 spiro atoms. The first kappa shape index (κ1) is 16.5. The Labute approximate surface area is 119 Å². The number of piperidine rings is 1. The van der Waals surface area contributed by atoms with Crippen LogP contribution in [-0.2, 0) is 19.1 Å². The molecular weight excluding hydrogens is 260 g/mol. The van der Waals surface area contributed by atoms with Crippen LogP contribution in [0.3, 0.4) is 0 Å². The van der Waals surface area contributed by atoms with Crippen molar-refractivity contribution in [1.29, 1.82) is 0 Å². The highest BCUT2D eigenvalue weighted by atomic mass is 16.5. The number of carbonyl (C=O) groups is 3. The van der Waals surface area contributed by atoms with Crippen molar-refractivity contribution < 1.29 is 19.1 Å². The molecule has 6 nitrogen and oxygen atoms in total. The summed E-state index contributed by atoms with van der Waals surface area (Å²) < 4.78 is 4.75. The van der Waals surface area contributed by atoms with E-state index in [0.29, 0.717) is 6.61 Å². The van der Waals surface area contributed by atoms with Crippen molar-refractivity contribution in [2.24, 2.45) is 0 Å². The maximum absolute atomic E-state index is 12.1. The summed E-state index contributed by atoms with van der Waals surface area (Å²) in [6.07, 6.45) is 3.30. The number of nitrogens with zero attached hydrogens (tertiary/aromatic N) is 1. The Morgan fingerprint density at radius 2 is 1.80 bits per heavy atom. The summed E-state index contributed by atoms with van der Waals surface area (Å²) in [5, 5.41) is 2.64. The maximum Gasteiger partial charge on any atom is 0.306 e. The van der Waals surface area contributed by atoms with Crippen LogP contribution in [0.15, 0.2) is 0 Å². The number of rotatable bonds is 6. The monoisotopic (exact) mass is 284 g/mol. The molecule has 0 radical (unpaired) electrons. The van der Waals surface area contributed by atoms with Gasteiger partial charge in [-0.1, -0.05) is 0 Å². The molecule has 0 aliphatic carbocycles. The minimum atomic E-state index is -0.539. The van der Waals surface area contributed by atoms with E-state index in [9.17, 15) is 14.4 Å². The van der Waals surface area contributed by atoms with E-state index in [4.69, 9.17) is 4.74 Å². The molecule has 1 aliphatic rings. The number of carbonyl (C=O) groups excluding carboxylic acids is 3. The molecule has 20 heavy (non-hydrogen) atoms. The van der Waals surface area contributed by atoms with E-state index in [2.05, 4.69) is 5.32 Å². The van der Waals surface area contributed by atoms with Gasteiger partial charge in [-0.05, 0) is 33.1 Å². The van der Waals surface area contributed by atoms with Crippen molar-refractivity contribution in [1.82, 2.24) is 10.2 Å². The third-order valence-corrected chi connectivity index (χ3v) is 3.28. The fraction of sp³-hybridized carbons (Fsp3) is 0.786. The van der Waals surface area contributed by atoms with Crippen molar-refractivity contribution in [2.75, 3.05) is 19.7 Å². The molecule has 1 fully saturated rings. The molecule has 1 rings (SSSR count). The van der Waals surface area contributed by atoms with Gasteiger partial charge in [0.25, 0.3) is 0 Å². The van der Waals surface area contributed by atoms with Crippen molar-refractivity contribution in [3.63, 3.8) is 0 Å². The Hall–Kier alpha value is -1.59. The van der Waals surface area contributed by atoms with Gasteiger partial charge in [0, 0.05) is 19.5 Å². The minimum absolute atomic E-state index is 0.0459. The molecule has 1 N–H and O–H groups in total. The zero-order chi connectivity index (χ0) is 15.0. The zero-order valence-corrected chi connectivity index (χ0v) is 12.3. The Bertz CT molecular complexity index is 351. The van der Waals surface area contributed by atoms with Gasteiger partial charge in [-0.25, -0.2) is 0 Å². The minimum Gasteiger partial charge on any atom is -0.466 e. The smallest absolute Gasteiger partial charge is 0.306 e. The number of amides is 2. The fourth-order valence-electron chi connectivity index (χ4n) is 2.21. The molecule has 0 saturated carbocycles. The molecule has 0 aromatic heterocycles. The van der Waals surface area contributed by atoms with E-state index in [1.807, 2.05) is 0 Å². The molecule has 1 saturated heterocycles. The summed E-state index contributed by atoms with van der Waals surface area (Å²) in [5.74, 6) is -0.734. The van der Waals surface area contributed by atoms with E-state index >= 15 is 0 Å². The Kier molecular flexibility index (Phi) is 7.04. The summed E-state index contributed by atoms with van der Waals surface area (Å²) >= 11 is 0. The first-order chi connectivity index (χ1) is 9.54. The highest BCUT2D eigenvalue weighted by Gasteiger charge is 2.23. The van der Waals surface area contributed by atoms with Crippen molar-refractivity contribution >= 4 is 17.8 Å². The molecule has 1 aliphatic heterocycles. The molecule has 0 bridgehead atoms. The van der Waals surface area contributed by atoms with Gasteiger partial charge >= 0.3 is 5.97 Å². The number of hydrogen-bond donors (Lipinski definition) is 1. The quantitative estimate of drug-likeness (QED) is 0.734. The SMILES string of the molecule is CCOC(=O)CCC(=O)NC(C)C(=O)N1CCCCC1. The summed E-state index contributed by atoms with van der Waals surface area (Å²) in [5.41, 5.74) is 0. The molecule has 0 aromatic rings. The molecule has 114 valence electrons. The topological polar surface area (TPSA) is 75.7 Å². The lowest BCUT2D eigenvalue weighted by Crippen LogP contribution is -2.48.